The van der Waals surface area contributed by atoms with E-state index in [0.29, 0.717) is 4.99 Å². The monoisotopic (exact) mass is 266 g/mol. The van der Waals surface area contributed by atoms with Gasteiger partial charge in [-0.15, -0.1) is 0 Å². The third-order valence-electron chi connectivity index (χ3n) is 2.85. The van der Waals surface area contributed by atoms with Gasteiger partial charge in [0.05, 0.1) is 12.1 Å². The van der Waals surface area contributed by atoms with Gasteiger partial charge in [0.1, 0.15) is 5.75 Å². The zero-order valence-electron chi connectivity index (χ0n) is 11.2. The van der Waals surface area contributed by atoms with Crippen LogP contribution in [-0.2, 0) is 6.54 Å². The molecule has 0 aliphatic heterocycles. The molecule has 0 atom stereocenters. The fourth-order valence-corrected chi connectivity index (χ4v) is 2.03. The first-order chi connectivity index (χ1) is 8.63. The second kappa shape index (κ2) is 8.06. The fourth-order valence-electron chi connectivity index (χ4n) is 1.88. The van der Waals surface area contributed by atoms with E-state index in [9.17, 15) is 0 Å². The lowest BCUT2D eigenvalue weighted by Crippen LogP contribution is -2.20. The fraction of sp³-hybridized carbons (Fsp3) is 0.500. The highest BCUT2D eigenvalue weighted by atomic mass is 32.1. The van der Waals surface area contributed by atoms with Crippen LogP contribution in [0.5, 0.6) is 5.75 Å². The molecular formula is C14H22N2OS. The van der Waals surface area contributed by atoms with Gasteiger partial charge in [-0.3, -0.25) is 0 Å². The van der Waals surface area contributed by atoms with Crippen LogP contribution < -0.4 is 10.5 Å². The first-order valence-corrected chi connectivity index (χ1v) is 6.63. The highest BCUT2D eigenvalue weighted by molar-refractivity contribution is 7.80. The van der Waals surface area contributed by atoms with E-state index >= 15 is 0 Å². The standard InChI is InChI=1S/C14H22N2OS/c1-16(10-6-5-9-14(15)18)11-12-7-3-4-8-13(12)17-2/h3-4,7-8H,5-6,9-11H2,1-2H3,(H2,15,18). The molecule has 0 radical (unpaired) electrons. The molecule has 0 heterocycles. The van der Waals surface area contributed by atoms with Gasteiger partial charge in [-0.2, -0.15) is 0 Å². The smallest absolute Gasteiger partial charge is 0.123 e. The number of methoxy groups -OCH3 is 1. The largest absolute Gasteiger partial charge is 0.496 e. The lowest BCUT2D eigenvalue weighted by atomic mass is 10.1. The molecule has 1 rings (SSSR count). The molecule has 0 fully saturated rings. The lowest BCUT2D eigenvalue weighted by molar-refractivity contribution is 0.311. The summed E-state index contributed by atoms with van der Waals surface area (Å²) in [7, 11) is 3.83. The Bertz CT molecular complexity index is 382. The van der Waals surface area contributed by atoms with Crippen molar-refractivity contribution in [2.24, 2.45) is 5.73 Å². The van der Waals surface area contributed by atoms with E-state index in [1.165, 1.54) is 5.56 Å². The Morgan fingerprint density at radius 1 is 1.33 bits per heavy atom. The summed E-state index contributed by atoms with van der Waals surface area (Å²) in [6.07, 6.45) is 3.02. The van der Waals surface area contributed by atoms with Crippen LogP contribution in [0.4, 0.5) is 0 Å². The minimum atomic E-state index is 0.613. The molecule has 1 aromatic carbocycles. The lowest BCUT2D eigenvalue weighted by Gasteiger charge is -2.18. The maximum absolute atomic E-state index is 5.47. The topological polar surface area (TPSA) is 38.5 Å². The van der Waals surface area contributed by atoms with Crippen LogP contribution in [0.1, 0.15) is 24.8 Å². The van der Waals surface area contributed by atoms with Gasteiger partial charge < -0.3 is 15.4 Å². The van der Waals surface area contributed by atoms with Gasteiger partial charge in [-0.05, 0) is 38.9 Å². The maximum atomic E-state index is 5.47. The number of unbranched alkanes of at least 4 members (excludes halogenated alkanes) is 1. The molecule has 0 aromatic heterocycles. The van der Waals surface area contributed by atoms with E-state index in [0.717, 1.165) is 38.1 Å². The third kappa shape index (κ3) is 5.47. The Labute approximate surface area is 115 Å². The van der Waals surface area contributed by atoms with Crippen molar-refractivity contribution in [1.82, 2.24) is 4.90 Å². The number of hydrogen-bond acceptors (Lipinski definition) is 3. The Hall–Kier alpha value is -1.13. The molecule has 2 N–H and O–H groups in total. The molecule has 0 bridgehead atoms. The summed E-state index contributed by atoms with van der Waals surface area (Å²) in [4.78, 5) is 2.90. The summed E-state index contributed by atoms with van der Waals surface area (Å²) in [6.45, 7) is 1.94. The quantitative estimate of drug-likeness (QED) is 0.580. The zero-order valence-corrected chi connectivity index (χ0v) is 12.0. The average molecular weight is 266 g/mol. The highest BCUT2D eigenvalue weighted by Gasteiger charge is 2.05. The molecular weight excluding hydrogens is 244 g/mol. The number of thiocarbonyl (C=S) groups is 1. The van der Waals surface area contributed by atoms with Crippen LogP contribution in [0.15, 0.2) is 24.3 Å². The maximum Gasteiger partial charge on any atom is 0.123 e. The van der Waals surface area contributed by atoms with E-state index in [1.807, 2.05) is 18.2 Å². The summed E-state index contributed by atoms with van der Waals surface area (Å²) in [6, 6.07) is 8.13. The van der Waals surface area contributed by atoms with Crippen molar-refractivity contribution in [2.45, 2.75) is 25.8 Å². The highest BCUT2D eigenvalue weighted by Crippen LogP contribution is 2.18. The Morgan fingerprint density at radius 3 is 2.72 bits per heavy atom. The Balaban J connectivity index is 2.35. The zero-order chi connectivity index (χ0) is 13.4. The van der Waals surface area contributed by atoms with E-state index < -0.39 is 0 Å². The number of nitrogens with two attached hydrogens (primary N) is 1. The molecule has 0 amide bonds. The summed E-state index contributed by atoms with van der Waals surface area (Å²) >= 11 is 4.86. The number of benzene rings is 1. The molecule has 0 spiro atoms. The Kier molecular flexibility index (Phi) is 6.68. The van der Waals surface area contributed by atoms with Gasteiger partial charge in [-0.25, -0.2) is 0 Å². The minimum absolute atomic E-state index is 0.613. The average Bonchev–Trinajstić information content (AvgIpc) is 2.35. The molecule has 0 aliphatic rings. The van der Waals surface area contributed by atoms with Crippen LogP contribution in [0, 0.1) is 0 Å². The molecule has 0 aliphatic carbocycles. The molecule has 100 valence electrons. The molecule has 0 unspecified atom stereocenters. The number of hydrogen-bond donors (Lipinski definition) is 1. The molecule has 4 heteroatoms. The van der Waals surface area contributed by atoms with E-state index in [-0.39, 0.29) is 0 Å². The number of nitrogens with zero attached hydrogens (tertiary/aromatic N) is 1. The third-order valence-corrected chi connectivity index (χ3v) is 3.05. The second-order valence-corrected chi connectivity index (χ2v) is 5.00. The molecule has 0 saturated carbocycles. The van der Waals surface area contributed by atoms with Crippen molar-refractivity contribution in [3.05, 3.63) is 29.8 Å². The second-order valence-electron chi connectivity index (χ2n) is 4.47. The van der Waals surface area contributed by atoms with Crippen molar-refractivity contribution in [1.29, 1.82) is 0 Å². The summed E-state index contributed by atoms with van der Waals surface area (Å²) in [5.41, 5.74) is 6.69. The number of ether oxygens (including phenoxy) is 1. The number of rotatable bonds is 8. The number of para-hydroxylation sites is 1. The molecule has 0 saturated heterocycles. The molecule has 3 nitrogen and oxygen atoms in total. The SMILES string of the molecule is COc1ccccc1CN(C)CCCCC(N)=S. The van der Waals surface area contributed by atoms with Gasteiger partial charge >= 0.3 is 0 Å². The van der Waals surface area contributed by atoms with Gasteiger partial charge in [0, 0.05) is 12.1 Å². The van der Waals surface area contributed by atoms with Crippen LogP contribution in [0.25, 0.3) is 0 Å². The summed E-state index contributed by atoms with van der Waals surface area (Å²) in [5, 5.41) is 0. The first kappa shape index (κ1) is 14.9. The van der Waals surface area contributed by atoms with Crippen molar-refractivity contribution in [3.63, 3.8) is 0 Å². The Morgan fingerprint density at radius 2 is 2.06 bits per heavy atom. The molecule has 1 aromatic rings. The van der Waals surface area contributed by atoms with Crippen LogP contribution in [0.3, 0.4) is 0 Å². The predicted octanol–water partition coefficient (Wildman–Crippen LogP) is 2.58. The minimum Gasteiger partial charge on any atom is -0.496 e. The van der Waals surface area contributed by atoms with E-state index in [4.69, 9.17) is 22.7 Å². The summed E-state index contributed by atoms with van der Waals surface area (Å²) < 4.78 is 5.34. The van der Waals surface area contributed by atoms with Gasteiger partial charge in [-0.1, -0.05) is 30.4 Å². The predicted molar refractivity (Wildman–Crippen MR) is 80.0 cm³/mol. The summed E-state index contributed by atoms with van der Waals surface area (Å²) in [5.74, 6) is 0.951. The van der Waals surface area contributed by atoms with Crippen molar-refractivity contribution < 1.29 is 4.74 Å². The first-order valence-electron chi connectivity index (χ1n) is 6.22. The van der Waals surface area contributed by atoms with E-state index in [2.05, 4.69) is 18.0 Å². The van der Waals surface area contributed by atoms with Crippen molar-refractivity contribution >= 4 is 17.2 Å². The molecule has 18 heavy (non-hydrogen) atoms. The van der Waals surface area contributed by atoms with Crippen molar-refractivity contribution in [3.8, 4) is 5.75 Å². The van der Waals surface area contributed by atoms with Crippen molar-refractivity contribution in [2.75, 3.05) is 20.7 Å². The van der Waals surface area contributed by atoms with Gasteiger partial charge in [0.25, 0.3) is 0 Å². The van der Waals surface area contributed by atoms with Gasteiger partial charge in [0.15, 0.2) is 0 Å². The van der Waals surface area contributed by atoms with Crippen LogP contribution in [-0.4, -0.2) is 30.6 Å². The van der Waals surface area contributed by atoms with Gasteiger partial charge in [0.2, 0.25) is 0 Å². The van der Waals surface area contributed by atoms with E-state index in [1.54, 1.807) is 7.11 Å². The van der Waals surface area contributed by atoms with Crippen LogP contribution in [0.2, 0.25) is 0 Å². The van der Waals surface area contributed by atoms with Crippen LogP contribution >= 0.6 is 12.2 Å². The normalized spacial score (nSPS) is 10.6.